The van der Waals surface area contributed by atoms with Crippen molar-refractivity contribution in [2.24, 2.45) is 5.92 Å². The third-order valence-electron chi connectivity index (χ3n) is 5.68. The zero-order valence-corrected chi connectivity index (χ0v) is 16.8. The van der Waals surface area contributed by atoms with E-state index < -0.39 is 0 Å². The molecular formula is C22H32N2O4. The largest absolute Gasteiger partial charge is 0.493 e. The summed E-state index contributed by atoms with van der Waals surface area (Å²) < 4.78 is 11.3. The van der Waals surface area contributed by atoms with Gasteiger partial charge in [0.25, 0.3) is 0 Å². The molecule has 0 saturated carbocycles. The molecule has 0 spiro atoms. The van der Waals surface area contributed by atoms with E-state index in [1.54, 1.807) is 0 Å². The lowest BCUT2D eigenvalue weighted by Gasteiger charge is -2.37. The maximum atomic E-state index is 12.8. The molecule has 28 heavy (non-hydrogen) atoms. The predicted molar refractivity (Wildman–Crippen MR) is 107 cm³/mol. The van der Waals surface area contributed by atoms with Gasteiger partial charge < -0.3 is 19.3 Å². The molecule has 0 N–H and O–H groups in total. The molecule has 2 amide bonds. The summed E-state index contributed by atoms with van der Waals surface area (Å²) in [5.41, 5.74) is 0. The Labute approximate surface area is 167 Å². The minimum Gasteiger partial charge on any atom is -0.493 e. The second-order valence-electron chi connectivity index (χ2n) is 7.55. The molecule has 0 aromatic heterocycles. The van der Waals surface area contributed by atoms with Crippen molar-refractivity contribution in [1.29, 1.82) is 0 Å². The van der Waals surface area contributed by atoms with E-state index in [1.807, 2.05) is 47.1 Å². The van der Waals surface area contributed by atoms with Crippen molar-refractivity contribution in [2.45, 2.75) is 45.1 Å². The lowest BCUT2D eigenvalue weighted by atomic mass is 9.94. The molecule has 1 aromatic carbocycles. The van der Waals surface area contributed by atoms with Gasteiger partial charge in [0, 0.05) is 38.7 Å². The fourth-order valence-electron chi connectivity index (χ4n) is 4.04. The molecule has 6 nitrogen and oxygen atoms in total. The molecule has 0 bridgehead atoms. The Balaban J connectivity index is 1.35. The first-order valence-electron chi connectivity index (χ1n) is 10.5. The number of piperidine rings is 2. The Bertz CT molecular complexity index is 621. The third kappa shape index (κ3) is 5.71. The zero-order chi connectivity index (χ0) is 19.8. The highest BCUT2D eigenvalue weighted by Gasteiger charge is 2.32. The molecule has 0 unspecified atom stereocenters. The van der Waals surface area contributed by atoms with Gasteiger partial charge in [-0.15, -0.1) is 0 Å². The number of hydrogen-bond acceptors (Lipinski definition) is 4. The van der Waals surface area contributed by atoms with Crippen LogP contribution >= 0.6 is 0 Å². The summed E-state index contributed by atoms with van der Waals surface area (Å²) in [7, 11) is 0. The first-order valence-corrected chi connectivity index (χ1v) is 10.5. The van der Waals surface area contributed by atoms with Crippen LogP contribution in [-0.4, -0.2) is 67.1 Å². The average molecular weight is 389 g/mol. The second-order valence-corrected chi connectivity index (χ2v) is 7.55. The molecule has 2 aliphatic rings. The molecular weight excluding hydrogens is 356 g/mol. The van der Waals surface area contributed by atoms with Crippen molar-refractivity contribution in [3.63, 3.8) is 0 Å². The number of carbonyl (C=O) groups excluding carboxylic acids is 2. The molecule has 2 saturated heterocycles. The van der Waals surface area contributed by atoms with E-state index in [2.05, 4.69) is 0 Å². The molecule has 6 heteroatoms. The van der Waals surface area contributed by atoms with E-state index in [0.717, 1.165) is 51.1 Å². The van der Waals surface area contributed by atoms with Crippen LogP contribution in [0, 0.1) is 5.92 Å². The van der Waals surface area contributed by atoms with Crippen molar-refractivity contribution in [3.05, 3.63) is 30.3 Å². The van der Waals surface area contributed by atoms with Crippen LogP contribution < -0.4 is 4.74 Å². The molecule has 0 radical (unpaired) electrons. The van der Waals surface area contributed by atoms with E-state index in [-0.39, 0.29) is 17.7 Å². The molecule has 1 aromatic rings. The van der Waals surface area contributed by atoms with Crippen LogP contribution in [0.25, 0.3) is 0 Å². The Morgan fingerprint density at radius 2 is 1.61 bits per heavy atom. The summed E-state index contributed by atoms with van der Waals surface area (Å²) in [6.45, 7) is 6.04. The fourth-order valence-corrected chi connectivity index (χ4v) is 4.04. The molecule has 0 atom stereocenters. The number of hydrogen-bond donors (Lipinski definition) is 0. The van der Waals surface area contributed by atoms with Gasteiger partial charge in [-0.3, -0.25) is 9.59 Å². The summed E-state index contributed by atoms with van der Waals surface area (Å²) in [6, 6.07) is 9.54. The van der Waals surface area contributed by atoms with Crippen molar-refractivity contribution in [2.75, 3.05) is 39.4 Å². The van der Waals surface area contributed by atoms with E-state index in [9.17, 15) is 9.59 Å². The number of para-hydroxylation sites is 1. The van der Waals surface area contributed by atoms with Crippen molar-refractivity contribution < 1.29 is 19.1 Å². The van der Waals surface area contributed by atoms with Crippen molar-refractivity contribution >= 4 is 11.8 Å². The van der Waals surface area contributed by atoms with Crippen LogP contribution in [0.5, 0.6) is 5.75 Å². The molecule has 3 rings (SSSR count). The van der Waals surface area contributed by atoms with E-state index in [0.29, 0.717) is 32.2 Å². The Morgan fingerprint density at radius 3 is 2.25 bits per heavy atom. The van der Waals surface area contributed by atoms with Gasteiger partial charge in [0.2, 0.25) is 11.8 Å². The van der Waals surface area contributed by atoms with E-state index >= 15 is 0 Å². The number of carbonyl (C=O) groups is 2. The number of amides is 2. The Morgan fingerprint density at radius 1 is 0.964 bits per heavy atom. The molecule has 2 fully saturated rings. The SMILES string of the molecule is CCOC1CCN(C(=O)C2CCN(C(=O)CCOc3ccccc3)CC2)CC1. The van der Waals surface area contributed by atoms with Crippen LogP contribution in [0.3, 0.4) is 0 Å². The molecule has 2 heterocycles. The van der Waals surface area contributed by atoms with Gasteiger partial charge in [-0.1, -0.05) is 18.2 Å². The van der Waals surface area contributed by atoms with Gasteiger partial charge >= 0.3 is 0 Å². The topological polar surface area (TPSA) is 59.1 Å². The molecule has 2 aliphatic heterocycles. The first-order chi connectivity index (χ1) is 13.7. The summed E-state index contributed by atoms with van der Waals surface area (Å²) in [5, 5.41) is 0. The van der Waals surface area contributed by atoms with Crippen LogP contribution in [0.1, 0.15) is 39.0 Å². The van der Waals surface area contributed by atoms with Crippen molar-refractivity contribution in [1.82, 2.24) is 9.80 Å². The Kier molecular flexibility index (Phi) is 7.71. The van der Waals surface area contributed by atoms with Crippen molar-refractivity contribution in [3.8, 4) is 5.75 Å². The third-order valence-corrected chi connectivity index (χ3v) is 5.68. The summed E-state index contributed by atoms with van der Waals surface area (Å²) >= 11 is 0. The number of likely N-dealkylation sites (tertiary alicyclic amines) is 2. The summed E-state index contributed by atoms with van der Waals surface area (Å²) in [6.07, 6.45) is 4.05. The number of rotatable bonds is 7. The van der Waals surface area contributed by atoms with Crippen LogP contribution in [-0.2, 0) is 14.3 Å². The number of ether oxygens (including phenoxy) is 2. The van der Waals surface area contributed by atoms with E-state index in [4.69, 9.17) is 9.47 Å². The molecule has 0 aliphatic carbocycles. The number of benzene rings is 1. The normalized spacial score (nSPS) is 18.9. The van der Waals surface area contributed by atoms with E-state index in [1.165, 1.54) is 0 Å². The van der Waals surface area contributed by atoms with Gasteiger partial charge in [-0.2, -0.15) is 0 Å². The summed E-state index contributed by atoms with van der Waals surface area (Å²) in [5.74, 6) is 1.20. The fraction of sp³-hybridized carbons (Fsp3) is 0.636. The second kappa shape index (κ2) is 10.5. The molecule has 154 valence electrons. The minimum absolute atomic E-state index is 0.0493. The van der Waals surface area contributed by atoms with Gasteiger partial charge in [0.15, 0.2) is 0 Å². The smallest absolute Gasteiger partial charge is 0.225 e. The highest BCUT2D eigenvalue weighted by Crippen LogP contribution is 2.23. The van der Waals surface area contributed by atoms with Gasteiger partial charge in [-0.05, 0) is 44.7 Å². The van der Waals surface area contributed by atoms with Gasteiger partial charge in [0.1, 0.15) is 5.75 Å². The van der Waals surface area contributed by atoms with Gasteiger partial charge in [-0.25, -0.2) is 0 Å². The van der Waals surface area contributed by atoms with Gasteiger partial charge in [0.05, 0.1) is 19.1 Å². The van der Waals surface area contributed by atoms with Crippen LogP contribution in [0.15, 0.2) is 30.3 Å². The average Bonchev–Trinajstić information content (AvgIpc) is 2.75. The lowest BCUT2D eigenvalue weighted by molar-refractivity contribution is -0.142. The van der Waals surface area contributed by atoms with Crippen LogP contribution in [0.4, 0.5) is 0 Å². The monoisotopic (exact) mass is 388 g/mol. The summed E-state index contributed by atoms with van der Waals surface area (Å²) in [4.78, 5) is 29.1. The standard InChI is InChI=1S/C22H32N2O4/c1-2-27-20-10-15-24(16-11-20)22(26)18-8-13-23(14-9-18)21(25)12-17-28-19-6-4-3-5-7-19/h3-7,18,20H,2,8-17H2,1H3. The maximum absolute atomic E-state index is 12.8. The number of nitrogens with zero attached hydrogens (tertiary/aromatic N) is 2. The Hall–Kier alpha value is -2.08. The lowest BCUT2D eigenvalue weighted by Crippen LogP contribution is -2.47. The predicted octanol–water partition coefficient (Wildman–Crippen LogP) is 2.72. The first kappa shape index (κ1) is 20.6. The maximum Gasteiger partial charge on any atom is 0.225 e. The zero-order valence-electron chi connectivity index (χ0n) is 16.8. The van der Waals surface area contributed by atoms with Crippen LogP contribution in [0.2, 0.25) is 0 Å². The highest BCUT2D eigenvalue weighted by atomic mass is 16.5. The quantitative estimate of drug-likeness (QED) is 0.721. The minimum atomic E-state index is 0.0493. The highest BCUT2D eigenvalue weighted by molar-refractivity contribution is 5.80.